The van der Waals surface area contributed by atoms with E-state index in [9.17, 15) is 53.1 Å². The van der Waals surface area contributed by atoms with Crippen molar-refractivity contribution in [3.05, 3.63) is 0 Å². The van der Waals surface area contributed by atoms with Crippen LogP contribution in [-0.2, 0) is 4.79 Å². The predicted molar refractivity (Wildman–Crippen MR) is 77.6 cm³/mol. The minimum Gasteiger partial charge on any atom is -0.347 e. The fraction of sp³-hybridized carbons (Fsp3) is 0.941. The number of rotatable bonds is 2. The van der Waals surface area contributed by atoms with Gasteiger partial charge in [0, 0.05) is 5.54 Å². The number of hydrogen-bond donors (Lipinski definition) is 1. The van der Waals surface area contributed by atoms with Crippen LogP contribution >= 0.6 is 0 Å². The maximum absolute atomic E-state index is 14.9. The Bertz CT molecular complexity index is 712. The van der Waals surface area contributed by atoms with E-state index in [4.69, 9.17) is 0 Å². The van der Waals surface area contributed by atoms with Crippen LogP contribution in [0.4, 0.5) is 48.3 Å². The minimum absolute atomic E-state index is 0.0436. The van der Waals surface area contributed by atoms with E-state index < -0.39 is 46.7 Å². The first-order valence-corrected chi connectivity index (χ1v) is 9.27. The smallest absolute Gasteiger partial charge is 0.347 e. The van der Waals surface area contributed by atoms with Gasteiger partial charge in [-0.05, 0) is 56.3 Å². The molecule has 30 heavy (non-hydrogen) atoms. The molecule has 5 saturated carbocycles. The summed E-state index contributed by atoms with van der Waals surface area (Å²) in [5.74, 6) is -39.4. The summed E-state index contributed by atoms with van der Waals surface area (Å²) in [6, 6.07) is 0. The van der Waals surface area contributed by atoms with Gasteiger partial charge in [0.2, 0.25) is 0 Å². The van der Waals surface area contributed by atoms with Crippen LogP contribution in [0.1, 0.15) is 38.5 Å². The van der Waals surface area contributed by atoms with Gasteiger partial charge in [0.15, 0.2) is 0 Å². The van der Waals surface area contributed by atoms with Crippen molar-refractivity contribution in [3.63, 3.8) is 0 Å². The van der Waals surface area contributed by atoms with Crippen LogP contribution in [0.2, 0.25) is 0 Å². The zero-order chi connectivity index (χ0) is 22.8. The molecule has 13 heteroatoms. The first-order chi connectivity index (χ1) is 13.4. The summed E-state index contributed by atoms with van der Waals surface area (Å²) in [6.45, 7) is 0. The van der Waals surface area contributed by atoms with Crippen LogP contribution in [0.5, 0.6) is 0 Å². The van der Waals surface area contributed by atoms with Crippen LogP contribution in [0.25, 0.3) is 0 Å². The number of hydrogen-bond acceptors (Lipinski definition) is 1. The summed E-state index contributed by atoms with van der Waals surface area (Å²) in [7, 11) is 0. The second-order valence-corrected chi connectivity index (χ2v) is 9.18. The monoisotopic (exact) mass is 459 g/mol. The lowest BCUT2D eigenvalue weighted by Gasteiger charge is -2.58. The van der Waals surface area contributed by atoms with Gasteiger partial charge < -0.3 is 5.32 Å². The third-order valence-corrected chi connectivity index (χ3v) is 7.17. The van der Waals surface area contributed by atoms with E-state index in [1.54, 1.807) is 5.32 Å². The normalized spacial score (nSPS) is 43.2. The van der Waals surface area contributed by atoms with Crippen molar-refractivity contribution in [2.45, 2.75) is 79.3 Å². The van der Waals surface area contributed by atoms with E-state index >= 15 is 0 Å². The second kappa shape index (κ2) is 5.54. The van der Waals surface area contributed by atoms with E-state index in [-0.39, 0.29) is 37.0 Å². The van der Waals surface area contributed by atoms with Crippen LogP contribution in [0, 0.1) is 17.8 Å². The van der Waals surface area contributed by atoms with Crippen LogP contribution < -0.4 is 5.32 Å². The average molecular weight is 459 g/mol. The fourth-order valence-electron chi connectivity index (χ4n) is 6.10. The van der Waals surface area contributed by atoms with Gasteiger partial charge in [-0.25, -0.2) is 4.39 Å². The zero-order valence-corrected chi connectivity index (χ0v) is 15.0. The van der Waals surface area contributed by atoms with Crippen LogP contribution in [0.3, 0.4) is 0 Å². The summed E-state index contributed by atoms with van der Waals surface area (Å²) in [4.78, 5) is 12.3. The molecule has 2 nitrogen and oxygen atoms in total. The minimum atomic E-state index is -7.32. The Labute approximate surface area is 162 Å². The van der Waals surface area contributed by atoms with Crippen LogP contribution in [-0.4, -0.2) is 46.7 Å². The largest absolute Gasteiger partial charge is 0.384 e. The van der Waals surface area contributed by atoms with Crippen molar-refractivity contribution < 1.29 is 53.1 Å². The molecule has 0 heterocycles. The van der Waals surface area contributed by atoms with Gasteiger partial charge in [-0.3, -0.25) is 4.79 Å². The maximum Gasteiger partial charge on any atom is 0.384 e. The highest BCUT2D eigenvalue weighted by Crippen LogP contribution is 2.69. The predicted octanol–water partition coefficient (Wildman–Crippen LogP) is 4.97. The van der Waals surface area contributed by atoms with E-state index in [1.807, 2.05) is 0 Å². The molecule has 1 N–H and O–H groups in total. The van der Waals surface area contributed by atoms with Gasteiger partial charge in [-0.1, -0.05) is 0 Å². The summed E-state index contributed by atoms with van der Waals surface area (Å²) in [5, 5.41) is 1.56. The molecule has 1 amide bonds. The third kappa shape index (κ3) is 2.14. The molecule has 0 spiro atoms. The fourth-order valence-corrected chi connectivity index (χ4v) is 6.10. The van der Waals surface area contributed by atoms with Crippen molar-refractivity contribution in [1.82, 2.24) is 5.32 Å². The Morgan fingerprint density at radius 1 is 0.567 bits per heavy atom. The topological polar surface area (TPSA) is 29.1 Å². The Morgan fingerprint density at radius 3 is 1.20 bits per heavy atom. The molecule has 0 atom stereocenters. The van der Waals surface area contributed by atoms with Crippen molar-refractivity contribution in [2.75, 3.05) is 0 Å². The SMILES string of the molecule is O=C(NC12CC3CC(CC(C3)C1)C2)C1(F)C(F)(F)C(F)(F)C(F)(F)C(F)(F)C1(F)F. The summed E-state index contributed by atoms with van der Waals surface area (Å²) >= 11 is 0. The molecule has 5 fully saturated rings. The van der Waals surface area contributed by atoms with Crippen molar-refractivity contribution >= 4 is 5.91 Å². The Balaban J connectivity index is 1.77. The molecule has 5 rings (SSSR count). The number of alkyl halides is 11. The molecule has 0 radical (unpaired) electrons. The van der Waals surface area contributed by atoms with Gasteiger partial charge >= 0.3 is 35.3 Å². The van der Waals surface area contributed by atoms with E-state index in [2.05, 4.69) is 0 Å². The van der Waals surface area contributed by atoms with Crippen molar-refractivity contribution in [3.8, 4) is 0 Å². The summed E-state index contributed by atoms with van der Waals surface area (Å²) in [6.07, 6.45) is 2.18. The number of carbonyl (C=O) groups excluding carboxylic acids is 1. The third-order valence-electron chi connectivity index (χ3n) is 7.17. The Kier molecular flexibility index (Phi) is 4.05. The molecular formula is C17H16F11NO. The van der Waals surface area contributed by atoms with Gasteiger partial charge in [-0.15, -0.1) is 0 Å². The Morgan fingerprint density at radius 2 is 0.867 bits per heavy atom. The molecule has 0 saturated heterocycles. The molecule has 172 valence electrons. The number of carbonyl (C=O) groups is 1. The highest BCUT2D eigenvalue weighted by Gasteiger charge is 3.03. The standard InChI is InChI=1S/C17H16F11NO/c18-12(10(30)29-11-4-7-1-8(5-11)3-9(2-7)6-11)13(19,20)15(23,24)17(27,28)16(25,26)14(12,21)22/h7-9H,1-6H2,(H,29,30). The molecule has 0 unspecified atom stereocenters. The first kappa shape index (κ1) is 21.9. The summed E-state index contributed by atoms with van der Waals surface area (Å²) in [5.41, 5.74) is -8.11. The van der Waals surface area contributed by atoms with Crippen LogP contribution in [0.15, 0.2) is 0 Å². The molecule has 5 aliphatic rings. The number of nitrogens with one attached hydrogen (secondary N) is 1. The lowest BCUT2D eigenvalue weighted by Crippen LogP contribution is -2.87. The van der Waals surface area contributed by atoms with Gasteiger partial charge in [-0.2, -0.15) is 43.9 Å². The van der Waals surface area contributed by atoms with E-state index in [0.29, 0.717) is 19.3 Å². The van der Waals surface area contributed by atoms with Crippen molar-refractivity contribution in [2.24, 2.45) is 17.8 Å². The van der Waals surface area contributed by atoms with E-state index in [1.165, 1.54) is 0 Å². The number of amides is 1. The lowest BCUT2D eigenvalue weighted by molar-refractivity contribution is -0.476. The molecule has 0 aromatic heterocycles. The highest BCUT2D eigenvalue weighted by atomic mass is 19.4. The molecular weight excluding hydrogens is 443 g/mol. The molecule has 4 bridgehead atoms. The highest BCUT2D eigenvalue weighted by molar-refractivity contribution is 5.89. The quantitative estimate of drug-likeness (QED) is 0.581. The summed E-state index contributed by atoms with van der Waals surface area (Å²) < 4.78 is 152. The molecule has 0 aliphatic heterocycles. The lowest BCUT2D eigenvalue weighted by atomic mass is 9.53. The maximum atomic E-state index is 14.9. The number of halogens is 11. The van der Waals surface area contributed by atoms with Gasteiger partial charge in [0.25, 0.3) is 5.91 Å². The zero-order valence-electron chi connectivity index (χ0n) is 15.0. The molecule has 0 aromatic rings. The first-order valence-electron chi connectivity index (χ1n) is 9.27. The van der Waals surface area contributed by atoms with E-state index in [0.717, 1.165) is 0 Å². The second-order valence-electron chi connectivity index (χ2n) is 9.18. The molecule has 0 aromatic carbocycles. The average Bonchev–Trinajstić information content (AvgIpc) is 2.57. The van der Waals surface area contributed by atoms with Gasteiger partial charge in [0.05, 0.1) is 0 Å². The molecule has 5 aliphatic carbocycles. The van der Waals surface area contributed by atoms with Crippen molar-refractivity contribution in [1.29, 1.82) is 0 Å². The van der Waals surface area contributed by atoms with Gasteiger partial charge in [0.1, 0.15) is 0 Å². The Hall–Kier alpha value is -1.30.